The van der Waals surface area contributed by atoms with E-state index in [0.717, 1.165) is 0 Å². The van der Waals surface area contributed by atoms with Gasteiger partial charge in [0.2, 0.25) is 0 Å². The Bertz CT molecular complexity index is 610. The van der Waals surface area contributed by atoms with E-state index in [1.165, 1.54) is 6.92 Å². The van der Waals surface area contributed by atoms with Gasteiger partial charge < -0.3 is 18.9 Å². The van der Waals surface area contributed by atoms with Crippen molar-refractivity contribution in [2.75, 3.05) is 13.2 Å². The Morgan fingerprint density at radius 1 is 1.19 bits per heavy atom. The summed E-state index contributed by atoms with van der Waals surface area (Å²) < 4.78 is 20.4. The molecule has 8 nitrogen and oxygen atoms in total. The third kappa shape index (κ3) is 5.06. The van der Waals surface area contributed by atoms with Crippen LogP contribution in [-0.2, 0) is 38.1 Å². The van der Waals surface area contributed by atoms with E-state index in [4.69, 9.17) is 18.9 Å². The predicted octanol–water partition coefficient (Wildman–Crippen LogP) is 1.46. The van der Waals surface area contributed by atoms with Crippen molar-refractivity contribution in [2.45, 2.75) is 57.7 Å². The summed E-state index contributed by atoms with van der Waals surface area (Å²) in [6, 6.07) is 0. The highest BCUT2D eigenvalue weighted by molar-refractivity contribution is 5.86. The van der Waals surface area contributed by atoms with E-state index < -0.39 is 29.6 Å². The Hall–Kier alpha value is -2.38. The van der Waals surface area contributed by atoms with Crippen LogP contribution in [0, 0.1) is 5.92 Å². The molecule has 1 saturated carbocycles. The van der Waals surface area contributed by atoms with Gasteiger partial charge in [-0.25, -0.2) is 4.79 Å². The monoisotopic (exact) mass is 368 g/mol. The van der Waals surface area contributed by atoms with Crippen LogP contribution in [0.3, 0.4) is 0 Å². The molecule has 1 aliphatic carbocycles. The van der Waals surface area contributed by atoms with Crippen LogP contribution in [0.4, 0.5) is 0 Å². The molecule has 0 aromatic carbocycles. The number of ether oxygens (including phenoxy) is 4. The molecule has 3 unspecified atom stereocenters. The minimum absolute atomic E-state index is 0.0752. The predicted molar refractivity (Wildman–Crippen MR) is 87.7 cm³/mol. The molecule has 3 atom stereocenters. The highest BCUT2D eigenvalue weighted by Gasteiger charge is 2.52. The van der Waals surface area contributed by atoms with Crippen molar-refractivity contribution in [1.82, 2.24) is 0 Å². The molecule has 0 N–H and O–H groups in total. The molecule has 26 heavy (non-hydrogen) atoms. The van der Waals surface area contributed by atoms with Crippen molar-refractivity contribution in [3.05, 3.63) is 12.2 Å². The lowest BCUT2D eigenvalue weighted by molar-refractivity contribution is -0.178. The van der Waals surface area contributed by atoms with Crippen LogP contribution in [-0.4, -0.2) is 48.8 Å². The van der Waals surface area contributed by atoms with E-state index in [0.29, 0.717) is 19.3 Å². The highest BCUT2D eigenvalue weighted by Crippen LogP contribution is 2.42. The fourth-order valence-electron chi connectivity index (χ4n) is 2.99. The first-order valence-corrected chi connectivity index (χ1v) is 8.62. The van der Waals surface area contributed by atoms with Gasteiger partial charge in [0.1, 0.15) is 24.9 Å². The van der Waals surface area contributed by atoms with Crippen LogP contribution in [0.2, 0.25) is 0 Å². The summed E-state index contributed by atoms with van der Waals surface area (Å²) in [7, 11) is 0. The third-order valence-electron chi connectivity index (χ3n) is 4.57. The highest BCUT2D eigenvalue weighted by atomic mass is 16.6. The van der Waals surface area contributed by atoms with E-state index in [1.807, 2.05) is 0 Å². The van der Waals surface area contributed by atoms with Crippen LogP contribution in [0.5, 0.6) is 0 Å². The smallest absolute Gasteiger partial charge is 0.333 e. The first kappa shape index (κ1) is 19.9. The van der Waals surface area contributed by atoms with Gasteiger partial charge in [0.25, 0.3) is 0 Å². The zero-order chi connectivity index (χ0) is 19.3. The second-order valence-corrected chi connectivity index (χ2v) is 6.82. The molecule has 2 fully saturated rings. The number of rotatable bonds is 8. The zero-order valence-corrected chi connectivity index (χ0v) is 15.1. The van der Waals surface area contributed by atoms with Crippen LogP contribution >= 0.6 is 0 Å². The van der Waals surface area contributed by atoms with Crippen molar-refractivity contribution in [3.63, 3.8) is 0 Å². The number of hydrogen-bond acceptors (Lipinski definition) is 8. The van der Waals surface area contributed by atoms with Crippen molar-refractivity contribution >= 4 is 23.9 Å². The molecule has 0 radical (unpaired) electrons. The van der Waals surface area contributed by atoms with Gasteiger partial charge in [0.05, 0.1) is 18.8 Å². The van der Waals surface area contributed by atoms with Crippen molar-refractivity contribution in [2.24, 2.45) is 5.92 Å². The second kappa shape index (κ2) is 8.33. The maximum Gasteiger partial charge on any atom is 0.333 e. The molecular formula is C18H24O8. The SMILES string of the molecule is C=C(C)C(=O)OCCOC(=O)CCC(=O)OC1(C)CCC2CC1OC2=O. The summed E-state index contributed by atoms with van der Waals surface area (Å²) in [6.07, 6.45) is 1.05. The summed E-state index contributed by atoms with van der Waals surface area (Å²) in [5.41, 5.74) is -0.588. The average Bonchev–Trinajstić information content (AvgIpc) is 2.91. The van der Waals surface area contributed by atoms with Crippen LogP contribution in [0.1, 0.15) is 46.0 Å². The summed E-state index contributed by atoms with van der Waals surface area (Å²) in [5.74, 6) is -2.01. The van der Waals surface area contributed by atoms with Gasteiger partial charge in [-0.15, -0.1) is 0 Å². The number of carbonyl (C=O) groups is 4. The Morgan fingerprint density at radius 3 is 2.54 bits per heavy atom. The van der Waals surface area contributed by atoms with E-state index in [1.54, 1.807) is 6.92 Å². The Kier molecular flexibility index (Phi) is 6.39. The van der Waals surface area contributed by atoms with Gasteiger partial charge in [-0.05, 0) is 26.7 Å². The molecule has 2 bridgehead atoms. The van der Waals surface area contributed by atoms with Crippen LogP contribution in [0.15, 0.2) is 12.2 Å². The van der Waals surface area contributed by atoms with Crippen molar-refractivity contribution < 1.29 is 38.1 Å². The zero-order valence-electron chi connectivity index (χ0n) is 15.1. The molecular weight excluding hydrogens is 344 g/mol. The second-order valence-electron chi connectivity index (χ2n) is 6.82. The molecule has 0 spiro atoms. The molecule has 1 aliphatic heterocycles. The molecule has 1 saturated heterocycles. The van der Waals surface area contributed by atoms with E-state index in [-0.39, 0.29) is 43.5 Å². The van der Waals surface area contributed by atoms with Gasteiger partial charge in [0.15, 0.2) is 0 Å². The fourth-order valence-corrected chi connectivity index (χ4v) is 2.99. The van der Waals surface area contributed by atoms with E-state index >= 15 is 0 Å². The molecule has 0 amide bonds. The first-order valence-electron chi connectivity index (χ1n) is 8.62. The van der Waals surface area contributed by atoms with Crippen LogP contribution in [0.25, 0.3) is 0 Å². The van der Waals surface area contributed by atoms with Gasteiger partial charge in [-0.3, -0.25) is 14.4 Å². The van der Waals surface area contributed by atoms with Gasteiger partial charge >= 0.3 is 23.9 Å². The summed E-state index contributed by atoms with van der Waals surface area (Å²) in [4.78, 5) is 46.4. The lowest BCUT2D eigenvalue weighted by atomic mass is 9.80. The van der Waals surface area contributed by atoms with E-state index in [2.05, 4.69) is 6.58 Å². The van der Waals surface area contributed by atoms with Crippen LogP contribution < -0.4 is 0 Å². The number of carbonyl (C=O) groups excluding carboxylic acids is 4. The largest absolute Gasteiger partial charge is 0.462 e. The minimum Gasteiger partial charge on any atom is -0.462 e. The normalized spacial score (nSPS) is 26.6. The first-order chi connectivity index (χ1) is 12.2. The molecule has 144 valence electrons. The molecule has 0 aromatic heterocycles. The molecule has 0 aromatic rings. The Morgan fingerprint density at radius 2 is 1.85 bits per heavy atom. The van der Waals surface area contributed by atoms with Gasteiger partial charge in [-0.1, -0.05) is 6.58 Å². The maximum absolute atomic E-state index is 12.0. The lowest BCUT2D eigenvalue weighted by Gasteiger charge is -2.36. The number of esters is 4. The lowest BCUT2D eigenvalue weighted by Crippen LogP contribution is -2.45. The average molecular weight is 368 g/mol. The van der Waals surface area contributed by atoms with Gasteiger partial charge in [0, 0.05) is 12.0 Å². The van der Waals surface area contributed by atoms with E-state index in [9.17, 15) is 19.2 Å². The number of hydrogen-bond donors (Lipinski definition) is 0. The minimum atomic E-state index is -0.847. The number of fused-ring (bicyclic) bond motifs is 2. The molecule has 2 rings (SSSR count). The fraction of sp³-hybridized carbons (Fsp3) is 0.667. The topological polar surface area (TPSA) is 105 Å². The summed E-state index contributed by atoms with van der Waals surface area (Å²) in [5, 5.41) is 0. The molecule has 1 heterocycles. The molecule has 2 aliphatic rings. The summed E-state index contributed by atoms with van der Waals surface area (Å²) >= 11 is 0. The quantitative estimate of drug-likeness (QED) is 0.274. The van der Waals surface area contributed by atoms with Crippen molar-refractivity contribution in [3.8, 4) is 0 Å². The van der Waals surface area contributed by atoms with Gasteiger partial charge in [-0.2, -0.15) is 0 Å². The summed E-state index contributed by atoms with van der Waals surface area (Å²) in [6.45, 7) is 6.52. The molecule has 8 heteroatoms. The third-order valence-corrected chi connectivity index (χ3v) is 4.57. The standard InChI is InChI=1S/C18H24O8/c1-11(2)16(21)24-9-8-23-14(19)4-5-15(20)26-18(3)7-6-12-10-13(18)25-17(12)22/h12-13H,1,4-10H2,2-3H3. The van der Waals surface area contributed by atoms with Crippen molar-refractivity contribution in [1.29, 1.82) is 0 Å². The maximum atomic E-state index is 12.0. The Labute approximate surface area is 151 Å². The Balaban J connectivity index is 1.65.